The molecule has 0 spiro atoms. The van der Waals surface area contributed by atoms with Crippen LogP contribution in [-0.2, 0) is 11.3 Å². The minimum absolute atomic E-state index is 0.0675. The number of halogens is 1. The van der Waals surface area contributed by atoms with Crippen LogP contribution in [0.15, 0.2) is 18.2 Å². The van der Waals surface area contributed by atoms with Crippen molar-refractivity contribution in [3.63, 3.8) is 0 Å². The highest BCUT2D eigenvalue weighted by molar-refractivity contribution is 7.80. The second kappa shape index (κ2) is 5.19. The van der Waals surface area contributed by atoms with Gasteiger partial charge in [-0.15, -0.1) is 0 Å². The van der Waals surface area contributed by atoms with Crippen molar-refractivity contribution in [1.82, 2.24) is 0 Å². The van der Waals surface area contributed by atoms with Crippen LogP contribution in [0, 0.1) is 5.82 Å². The first-order valence-corrected chi connectivity index (χ1v) is 5.11. The molecule has 15 heavy (non-hydrogen) atoms. The molecule has 1 rings (SSSR count). The van der Waals surface area contributed by atoms with E-state index < -0.39 is 0 Å². The number of ether oxygens (including phenoxy) is 1. The molecule has 0 aliphatic heterocycles. The van der Waals surface area contributed by atoms with Gasteiger partial charge in [0, 0.05) is 11.1 Å². The zero-order chi connectivity index (χ0) is 11.4. The Balaban J connectivity index is 2.85. The summed E-state index contributed by atoms with van der Waals surface area (Å²) in [5.41, 5.74) is 6.60. The summed E-state index contributed by atoms with van der Waals surface area (Å²) < 4.78 is 18.6. The molecule has 0 fully saturated rings. The molecule has 2 nitrogen and oxygen atoms in total. The molecule has 0 aliphatic carbocycles. The highest BCUT2D eigenvalue weighted by Gasteiger charge is 2.06. The number of nitrogens with two attached hydrogens (primary N) is 1. The third-order valence-corrected chi connectivity index (χ3v) is 2.14. The summed E-state index contributed by atoms with van der Waals surface area (Å²) in [6, 6.07) is 4.55. The first kappa shape index (κ1) is 12.1. The van der Waals surface area contributed by atoms with Crippen LogP contribution in [0.1, 0.15) is 25.0 Å². The van der Waals surface area contributed by atoms with E-state index in [1.54, 1.807) is 12.1 Å². The summed E-state index contributed by atoms with van der Waals surface area (Å²) >= 11 is 4.82. The minimum Gasteiger partial charge on any atom is -0.389 e. The van der Waals surface area contributed by atoms with Crippen molar-refractivity contribution in [1.29, 1.82) is 0 Å². The fourth-order valence-electron chi connectivity index (χ4n) is 1.10. The Morgan fingerprint density at radius 3 is 2.73 bits per heavy atom. The summed E-state index contributed by atoms with van der Waals surface area (Å²) in [6.07, 6.45) is 0.0675. The quantitative estimate of drug-likeness (QED) is 0.802. The van der Waals surface area contributed by atoms with Gasteiger partial charge < -0.3 is 10.5 Å². The van der Waals surface area contributed by atoms with E-state index in [-0.39, 0.29) is 23.5 Å². The van der Waals surface area contributed by atoms with Crippen LogP contribution in [0.4, 0.5) is 4.39 Å². The maximum atomic E-state index is 13.3. The maximum absolute atomic E-state index is 13.3. The van der Waals surface area contributed by atoms with E-state index in [9.17, 15) is 4.39 Å². The standard InChI is InChI=1S/C11H14FNOS/c1-7(2)14-6-9-5-8(11(13)15)3-4-10(9)12/h3-5,7H,6H2,1-2H3,(H2,13,15). The average molecular weight is 227 g/mol. The van der Waals surface area contributed by atoms with E-state index in [0.29, 0.717) is 11.1 Å². The fraction of sp³-hybridized carbons (Fsp3) is 0.364. The highest BCUT2D eigenvalue weighted by atomic mass is 32.1. The van der Waals surface area contributed by atoms with Crippen LogP contribution in [0.5, 0.6) is 0 Å². The van der Waals surface area contributed by atoms with Crippen LogP contribution in [-0.4, -0.2) is 11.1 Å². The Bertz CT molecular complexity index is 366. The molecule has 1 aromatic rings. The Labute approximate surface area is 94.2 Å². The lowest BCUT2D eigenvalue weighted by Crippen LogP contribution is -2.11. The lowest BCUT2D eigenvalue weighted by molar-refractivity contribution is 0.0639. The first-order valence-electron chi connectivity index (χ1n) is 4.70. The molecular formula is C11H14FNOS. The molecule has 0 atom stereocenters. The van der Waals surface area contributed by atoms with Crippen molar-refractivity contribution in [2.45, 2.75) is 26.6 Å². The van der Waals surface area contributed by atoms with Gasteiger partial charge in [0.1, 0.15) is 10.8 Å². The van der Waals surface area contributed by atoms with Gasteiger partial charge in [-0.25, -0.2) is 4.39 Å². The molecule has 0 bridgehead atoms. The second-order valence-electron chi connectivity index (χ2n) is 3.53. The van der Waals surface area contributed by atoms with Gasteiger partial charge in [0.05, 0.1) is 12.7 Å². The number of rotatable bonds is 4. The van der Waals surface area contributed by atoms with Crippen LogP contribution >= 0.6 is 12.2 Å². The monoisotopic (exact) mass is 227 g/mol. The molecule has 0 heterocycles. The van der Waals surface area contributed by atoms with Gasteiger partial charge in [0.25, 0.3) is 0 Å². The average Bonchev–Trinajstić information content (AvgIpc) is 2.16. The lowest BCUT2D eigenvalue weighted by atomic mass is 10.1. The lowest BCUT2D eigenvalue weighted by Gasteiger charge is -2.09. The van der Waals surface area contributed by atoms with Crippen LogP contribution in [0.25, 0.3) is 0 Å². The van der Waals surface area contributed by atoms with Crippen molar-refractivity contribution >= 4 is 17.2 Å². The van der Waals surface area contributed by atoms with E-state index in [1.165, 1.54) is 6.07 Å². The molecule has 0 aromatic heterocycles. The Morgan fingerprint density at radius 2 is 2.20 bits per heavy atom. The molecule has 0 saturated heterocycles. The fourth-order valence-corrected chi connectivity index (χ4v) is 1.22. The van der Waals surface area contributed by atoms with Gasteiger partial charge in [0.15, 0.2) is 0 Å². The highest BCUT2D eigenvalue weighted by Crippen LogP contribution is 2.12. The van der Waals surface area contributed by atoms with Crippen LogP contribution < -0.4 is 5.73 Å². The van der Waals surface area contributed by atoms with Crippen molar-refractivity contribution in [2.75, 3.05) is 0 Å². The van der Waals surface area contributed by atoms with Crippen LogP contribution in [0.2, 0.25) is 0 Å². The summed E-state index contributed by atoms with van der Waals surface area (Å²) in [4.78, 5) is 0.265. The molecule has 0 amide bonds. The van der Waals surface area contributed by atoms with E-state index in [0.717, 1.165) is 0 Å². The number of hydrogen-bond acceptors (Lipinski definition) is 2. The van der Waals surface area contributed by atoms with Crippen molar-refractivity contribution in [3.05, 3.63) is 35.1 Å². The molecule has 0 unspecified atom stereocenters. The normalized spacial score (nSPS) is 10.7. The molecule has 1 aromatic carbocycles. The van der Waals surface area contributed by atoms with Gasteiger partial charge in [-0.2, -0.15) is 0 Å². The topological polar surface area (TPSA) is 35.2 Å². The van der Waals surface area contributed by atoms with E-state index in [2.05, 4.69) is 0 Å². The smallest absolute Gasteiger partial charge is 0.128 e. The Kier molecular flexibility index (Phi) is 4.17. The molecular weight excluding hydrogens is 213 g/mol. The molecule has 4 heteroatoms. The largest absolute Gasteiger partial charge is 0.389 e. The van der Waals surface area contributed by atoms with Crippen molar-refractivity contribution < 1.29 is 9.13 Å². The van der Waals surface area contributed by atoms with Gasteiger partial charge in [-0.05, 0) is 32.0 Å². The Morgan fingerprint density at radius 1 is 1.53 bits per heavy atom. The van der Waals surface area contributed by atoms with Gasteiger partial charge in [0.2, 0.25) is 0 Å². The number of thiocarbonyl (C=S) groups is 1. The summed E-state index contributed by atoms with van der Waals surface area (Å²) in [5.74, 6) is -0.296. The molecule has 0 saturated carbocycles. The number of hydrogen-bond donors (Lipinski definition) is 1. The summed E-state index contributed by atoms with van der Waals surface area (Å²) in [7, 11) is 0. The third kappa shape index (κ3) is 3.57. The summed E-state index contributed by atoms with van der Waals surface area (Å²) in [5, 5.41) is 0. The van der Waals surface area contributed by atoms with Crippen LogP contribution in [0.3, 0.4) is 0 Å². The zero-order valence-corrected chi connectivity index (χ0v) is 9.60. The first-order chi connectivity index (χ1) is 7.00. The van der Waals surface area contributed by atoms with Crippen molar-refractivity contribution in [2.24, 2.45) is 5.73 Å². The SMILES string of the molecule is CC(C)OCc1cc(C(N)=S)ccc1F. The van der Waals surface area contributed by atoms with E-state index in [4.69, 9.17) is 22.7 Å². The second-order valence-corrected chi connectivity index (χ2v) is 3.97. The molecule has 0 radical (unpaired) electrons. The minimum atomic E-state index is -0.296. The third-order valence-electron chi connectivity index (χ3n) is 1.90. The molecule has 0 aliphatic rings. The van der Waals surface area contributed by atoms with Gasteiger partial charge in [-0.3, -0.25) is 0 Å². The zero-order valence-electron chi connectivity index (χ0n) is 8.79. The Hall–Kier alpha value is -1.00. The maximum Gasteiger partial charge on any atom is 0.128 e. The van der Waals surface area contributed by atoms with Crippen molar-refractivity contribution in [3.8, 4) is 0 Å². The predicted molar refractivity (Wildman–Crippen MR) is 62.2 cm³/mol. The predicted octanol–water partition coefficient (Wildman–Crippen LogP) is 2.38. The van der Waals surface area contributed by atoms with E-state index in [1.807, 2.05) is 13.8 Å². The number of benzene rings is 1. The summed E-state index contributed by atoms with van der Waals surface area (Å²) in [6.45, 7) is 4.03. The van der Waals surface area contributed by atoms with Gasteiger partial charge in [-0.1, -0.05) is 12.2 Å². The van der Waals surface area contributed by atoms with E-state index >= 15 is 0 Å². The molecule has 82 valence electrons. The van der Waals surface area contributed by atoms with Gasteiger partial charge >= 0.3 is 0 Å². The molecule has 2 N–H and O–H groups in total.